The lowest BCUT2D eigenvalue weighted by atomic mass is 9.97. The molecule has 24 heavy (non-hydrogen) atoms. The monoisotopic (exact) mass is 345 g/mol. The van der Waals surface area contributed by atoms with Crippen molar-refractivity contribution in [3.63, 3.8) is 0 Å². The van der Waals surface area contributed by atoms with Crippen LogP contribution in [0.2, 0.25) is 5.02 Å². The van der Waals surface area contributed by atoms with Crippen LogP contribution in [0.4, 0.5) is 0 Å². The van der Waals surface area contributed by atoms with Gasteiger partial charge in [-0.15, -0.1) is 0 Å². The molecule has 1 amide bonds. The number of halogens is 1. The van der Waals surface area contributed by atoms with Crippen molar-refractivity contribution >= 4 is 17.5 Å². The maximum absolute atomic E-state index is 12.5. The Balaban J connectivity index is 2.03. The van der Waals surface area contributed by atoms with E-state index in [1.165, 1.54) is 0 Å². The van der Waals surface area contributed by atoms with Crippen molar-refractivity contribution in [3.05, 3.63) is 65.2 Å². The van der Waals surface area contributed by atoms with Crippen LogP contribution in [0, 0.1) is 5.92 Å². The van der Waals surface area contributed by atoms with Gasteiger partial charge < -0.3 is 10.1 Å². The predicted molar refractivity (Wildman–Crippen MR) is 98.3 cm³/mol. The largest absolute Gasteiger partial charge is 0.481 e. The molecule has 0 aromatic heterocycles. The second-order valence-electron chi connectivity index (χ2n) is 6.32. The highest BCUT2D eigenvalue weighted by atomic mass is 35.5. The summed E-state index contributed by atoms with van der Waals surface area (Å²) in [7, 11) is 0. The van der Waals surface area contributed by atoms with Gasteiger partial charge >= 0.3 is 0 Å². The zero-order chi connectivity index (χ0) is 17.5. The van der Waals surface area contributed by atoms with Crippen LogP contribution in [0.5, 0.6) is 5.75 Å². The molecule has 1 N–H and O–H groups in total. The van der Waals surface area contributed by atoms with E-state index in [1.807, 2.05) is 30.3 Å². The Bertz CT molecular complexity index is 658. The zero-order valence-corrected chi connectivity index (χ0v) is 15.1. The predicted octanol–water partition coefficient (Wildman–Crippen LogP) is 5.01. The highest BCUT2D eigenvalue weighted by molar-refractivity contribution is 6.30. The number of benzene rings is 2. The highest BCUT2D eigenvalue weighted by Gasteiger charge is 2.21. The fraction of sp³-hybridized carbons (Fsp3) is 0.350. The first-order valence-electron chi connectivity index (χ1n) is 8.23. The third kappa shape index (κ3) is 5.57. The Kier molecular flexibility index (Phi) is 6.68. The van der Waals surface area contributed by atoms with Gasteiger partial charge in [-0.05, 0) is 43.0 Å². The Morgan fingerprint density at radius 2 is 1.79 bits per heavy atom. The molecule has 0 aliphatic heterocycles. The Labute approximate surface area is 149 Å². The Hall–Kier alpha value is -2.00. The third-order valence-corrected chi connectivity index (χ3v) is 3.94. The first-order valence-corrected chi connectivity index (χ1v) is 8.61. The number of hydrogen-bond donors (Lipinski definition) is 1. The standard InChI is InChI=1S/C20H24ClNO2/c1-14(2)12-19(16-8-5-4-6-9-16)22-20(23)15(3)24-18-11-7-10-17(21)13-18/h4-11,13-15,19H,12H2,1-3H3,(H,22,23)/t15-,19+/m0/s1. The average Bonchev–Trinajstić information content (AvgIpc) is 2.54. The number of nitrogens with one attached hydrogen (secondary N) is 1. The average molecular weight is 346 g/mol. The lowest BCUT2D eigenvalue weighted by Gasteiger charge is -2.23. The van der Waals surface area contributed by atoms with Crippen molar-refractivity contribution in [1.82, 2.24) is 5.32 Å². The number of rotatable bonds is 7. The number of hydrogen-bond acceptors (Lipinski definition) is 2. The van der Waals surface area contributed by atoms with Gasteiger partial charge in [0.15, 0.2) is 6.10 Å². The molecule has 0 bridgehead atoms. The molecule has 0 aliphatic carbocycles. The molecule has 2 aromatic carbocycles. The summed E-state index contributed by atoms with van der Waals surface area (Å²) in [5.41, 5.74) is 1.11. The molecule has 2 rings (SSSR count). The van der Waals surface area contributed by atoms with Crippen LogP contribution in [-0.4, -0.2) is 12.0 Å². The van der Waals surface area contributed by atoms with Gasteiger partial charge in [-0.1, -0.05) is 61.8 Å². The fourth-order valence-corrected chi connectivity index (χ4v) is 2.70. The summed E-state index contributed by atoms with van der Waals surface area (Å²) < 4.78 is 5.70. The van der Waals surface area contributed by atoms with Gasteiger partial charge in [0.2, 0.25) is 0 Å². The van der Waals surface area contributed by atoms with Crippen molar-refractivity contribution in [1.29, 1.82) is 0 Å². The van der Waals surface area contributed by atoms with Gasteiger partial charge in [-0.25, -0.2) is 0 Å². The number of carbonyl (C=O) groups excluding carboxylic acids is 1. The lowest BCUT2D eigenvalue weighted by Crippen LogP contribution is -2.39. The quantitative estimate of drug-likeness (QED) is 0.765. The molecule has 3 nitrogen and oxygen atoms in total. The summed E-state index contributed by atoms with van der Waals surface area (Å²) in [6, 6.07) is 17.1. The van der Waals surface area contributed by atoms with Gasteiger partial charge in [-0.2, -0.15) is 0 Å². The summed E-state index contributed by atoms with van der Waals surface area (Å²) >= 11 is 5.95. The first kappa shape index (κ1) is 18.3. The molecule has 0 unspecified atom stereocenters. The molecular weight excluding hydrogens is 322 g/mol. The van der Waals surface area contributed by atoms with Gasteiger partial charge in [0.1, 0.15) is 5.75 Å². The van der Waals surface area contributed by atoms with Gasteiger partial charge in [0.25, 0.3) is 5.91 Å². The van der Waals surface area contributed by atoms with E-state index >= 15 is 0 Å². The maximum Gasteiger partial charge on any atom is 0.261 e. The van der Waals surface area contributed by atoms with E-state index in [-0.39, 0.29) is 11.9 Å². The van der Waals surface area contributed by atoms with Gasteiger partial charge in [0, 0.05) is 5.02 Å². The van der Waals surface area contributed by atoms with Gasteiger partial charge in [0.05, 0.1) is 6.04 Å². The van der Waals surface area contributed by atoms with E-state index in [0.29, 0.717) is 16.7 Å². The summed E-state index contributed by atoms with van der Waals surface area (Å²) in [6.07, 6.45) is 0.279. The van der Waals surface area contributed by atoms with Crippen molar-refractivity contribution in [2.24, 2.45) is 5.92 Å². The second kappa shape index (κ2) is 8.74. The zero-order valence-electron chi connectivity index (χ0n) is 14.3. The lowest BCUT2D eigenvalue weighted by molar-refractivity contribution is -0.128. The molecule has 2 atom stereocenters. The molecular formula is C20H24ClNO2. The Morgan fingerprint density at radius 1 is 1.08 bits per heavy atom. The van der Waals surface area contributed by atoms with Crippen molar-refractivity contribution < 1.29 is 9.53 Å². The molecule has 0 aliphatic rings. The summed E-state index contributed by atoms with van der Waals surface area (Å²) in [5.74, 6) is 0.925. The minimum absolute atomic E-state index is 0.0240. The Morgan fingerprint density at radius 3 is 2.42 bits per heavy atom. The van der Waals surface area contributed by atoms with Crippen LogP contribution in [0.1, 0.15) is 38.8 Å². The summed E-state index contributed by atoms with van der Waals surface area (Å²) in [5, 5.41) is 3.69. The van der Waals surface area contributed by atoms with Crippen LogP contribution in [0.25, 0.3) is 0 Å². The minimum Gasteiger partial charge on any atom is -0.481 e. The maximum atomic E-state index is 12.5. The molecule has 128 valence electrons. The normalized spacial score (nSPS) is 13.4. The number of carbonyl (C=O) groups is 1. The van der Waals surface area contributed by atoms with E-state index in [4.69, 9.17) is 16.3 Å². The van der Waals surface area contributed by atoms with Crippen LogP contribution in [-0.2, 0) is 4.79 Å². The fourth-order valence-electron chi connectivity index (χ4n) is 2.52. The molecule has 0 saturated heterocycles. The topological polar surface area (TPSA) is 38.3 Å². The summed E-state index contributed by atoms with van der Waals surface area (Å²) in [6.45, 7) is 6.04. The van der Waals surface area contributed by atoms with Crippen LogP contribution < -0.4 is 10.1 Å². The van der Waals surface area contributed by atoms with E-state index < -0.39 is 6.10 Å². The van der Waals surface area contributed by atoms with Crippen molar-refractivity contribution in [2.75, 3.05) is 0 Å². The minimum atomic E-state index is -0.596. The van der Waals surface area contributed by atoms with Gasteiger partial charge in [-0.3, -0.25) is 4.79 Å². The van der Waals surface area contributed by atoms with E-state index in [1.54, 1.807) is 31.2 Å². The second-order valence-corrected chi connectivity index (χ2v) is 6.76. The molecule has 0 saturated carbocycles. The SMILES string of the molecule is CC(C)C[C@@H](NC(=O)[C@H](C)Oc1cccc(Cl)c1)c1ccccc1. The van der Waals surface area contributed by atoms with Crippen LogP contribution in [0.15, 0.2) is 54.6 Å². The summed E-state index contributed by atoms with van der Waals surface area (Å²) in [4.78, 5) is 12.5. The van der Waals surface area contributed by atoms with Crippen molar-refractivity contribution in [2.45, 2.75) is 39.3 Å². The smallest absolute Gasteiger partial charge is 0.261 e. The number of amides is 1. The number of ether oxygens (including phenoxy) is 1. The molecule has 2 aromatic rings. The van der Waals surface area contributed by atoms with Crippen molar-refractivity contribution in [3.8, 4) is 5.75 Å². The van der Waals surface area contributed by atoms with Crippen LogP contribution >= 0.6 is 11.6 Å². The molecule has 0 heterocycles. The third-order valence-electron chi connectivity index (χ3n) is 3.70. The van der Waals surface area contributed by atoms with E-state index in [2.05, 4.69) is 19.2 Å². The van der Waals surface area contributed by atoms with E-state index in [9.17, 15) is 4.79 Å². The highest BCUT2D eigenvalue weighted by Crippen LogP contribution is 2.22. The molecule has 4 heteroatoms. The molecule has 0 radical (unpaired) electrons. The molecule has 0 spiro atoms. The molecule has 0 fully saturated rings. The first-order chi connectivity index (χ1) is 11.5. The van der Waals surface area contributed by atoms with E-state index in [0.717, 1.165) is 12.0 Å². The van der Waals surface area contributed by atoms with Crippen LogP contribution in [0.3, 0.4) is 0 Å².